The molecule has 0 saturated heterocycles. The monoisotopic (exact) mass is 360 g/mol. The van der Waals surface area contributed by atoms with E-state index in [0.29, 0.717) is 22.8 Å². The minimum absolute atomic E-state index is 0.213. The zero-order valence-corrected chi connectivity index (χ0v) is 14.0. The number of anilines is 1. The van der Waals surface area contributed by atoms with E-state index in [2.05, 4.69) is 20.4 Å². The summed E-state index contributed by atoms with van der Waals surface area (Å²) in [5.74, 6) is -0.332. The fourth-order valence-electron chi connectivity index (χ4n) is 2.53. The van der Waals surface area contributed by atoms with Crippen molar-refractivity contribution in [1.29, 1.82) is 0 Å². The fraction of sp³-hybridized carbons (Fsp3) is 0. The number of carbonyl (C=O) groups excluding carboxylic acids is 1. The van der Waals surface area contributed by atoms with Crippen molar-refractivity contribution in [3.05, 3.63) is 84.3 Å². The molecule has 0 spiro atoms. The maximum Gasteiger partial charge on any atom is 0.260 e. The van der Waals surface area contributed by atoms with Gasteiger partial charge in [-0.2, -0.15) is 4.98 Å². The van der Waals surface area contributed by atoms with E-state index in [9.17, 15) is 9.18 Å². The zero-order chi connectivity index (χ0) is 18.6. The van der Waals surface area contributed by atoms with Gasteiger partial charge < -0.3 is 9.84 Å². The van der Waals surface area contributed by atoms with Crippen molar-refractivity contribution in [2.45, 2.75) is 0 Å². The average molecular weight is 360 g/mol. The summed E-state index contributed by atoms with van der Waals surface area (Å²) in [6.07, 6.45) is 1.64. The predicted octanol–water partition coefficient (Wildman–Crippen LogP) is 4.19. The molecule has 0 aliphatic rings. The molecular weight excluding hydrogens is 347 g/mol. The maximum absolute atomic E-state index is 13.4. The van der Waals surface area contributed by atoms with Crippen LogP contribution in [0.4, 0.5) is 10.1 Å². The van der Waals surface area contributed by atoms with Crippen LogP contribution in [0.25, 0.3) is 23.0 Å². The van der Waals surface area contributed by atoms with Crippen LogP contribution in [-0.2, 0) is 0 Å². The van der Waals surface area contributed by atoms with Gasteiger partial charge in [-0.1, -0.05) is 29.4 Å². The SMILES string of the molecule is O=C(Nc1ccccc1-c1nc(-c2ccccn2)no1)c1cccc(F)c1. The van der Waals surface area contributed by atoms with Crippen molar-refractivity contribution in [1.82, 2.24) is 15.1 Å². The van der Waals surface area contributed by atoms with Crippen LogP contribution in [0.15, 0.2) is 77.4 Å². The molecule has 0 radical (unpaired) electrons. The normalized spacial score (nSPS) is 10.6. The quantitative estimate of drug-likeness (QED) is 0.590. The molecule has 27 heavy (non-hydrogen) atoms. The van der Waals surface area contributed by atoms with E-state index in [-0.39, 0.29) is 11.5 Å². The molecule has 4 aromatic rings. The summed E-state index contributed by atoms with van der Waals surface area (Å²) >= 11 is 0. The molecule has 4 rings (SSSR count). The Morgan fingerprint density at radius 1 is 1.00 bits per heavy atom. The second-order valence-corrected chi connectivity index (χ2v) is 5.65. The summed E-state index contributed by atoms with van der Waals surface area (Å²) in [4.78, 5) is 21.0. The van der Waals surface area contributed by atoms with E-state index < -0.39 is 11.7 Å². The number of nitrogens with zero attached hydrogens (tertiary/aromatic N) is 3. The largest absolute Gasteiger partial charge is 0.333 e. The molecule has 0 bridgehead atoms. The average Bonchev–Trinajstić information content (AvgIpc) is 3.19. The molecule has 2 aromatic heterocycles. The van der Waals surface area contributed by atoms with Crippen molar-refractivity contribution in [3.63, 3.8) is 0 Å². The fourth-order valence-corrected chi connectivity index (χ4v) is 2.53. The lowest BCUT2D eigenvalue weighted by molar-refractivity contribution is 0.102. The maximum atomic E-state index is 13.4. The first-order chi connectivity index (χ1) is 13.2. The number of aromatic nitrogens is 3. The molecule has 2 aromatic carbocycles. The van der Waals surface area contributed by atoms with Crippen LogP contribution in [0.1, 0.15) is 10.4 Å². The van der Waals surface area contributed by atoms with Gasteiger partial charge in [0.25, 0.3) is 11.8 Å². The number of hydrogen-bond donors (Lipinski definition) is 1. The molecule has 0 fully saturated rings. The van der Waals surface area contributed by atoms with Crippen molar-refractivity contribution < 1.29 is 13.7 Å². The first-order valence-corrected chi connectivity index (χ1v) is 8.12. The number of para-hydroxylation sites is 1. The molecule has 6 nitrogen and oxygen atoms in total. The van der Waals surface area contributed by atoms with Gasteiger partial charge in [0, 0.05) is 11.8 Å². The summed E-state index contributed by atoms with van der Waals surface area (Å²) in [5, 5.41) is 6.69. The van der Waals surface area contributed by atoms with E-state index in [1.165, 1.54) is 24.3 Å². The summed E-state index contributed by atoms with van der Waals surface area (Å²) in [5.41, 5.74) is 1.82. The van der Waals surface area contributed by atoms with Gasteiger partial charge in [0.05, 0.1) is 11.3 Å². The summed E-state index contributed by atoms with van der Waals surface area (Å²) < 4.78 is 18.7. The molecule has 0 aliphatic heterocycles. The highest BCUT2D eigenvalue weighted by Gasteiger charge is 2.16. The summed E-state index contributed by atoms with van der Waals surface area (Å²) in [6, 6.07) is 17.9. The van der Waals surface area contributed by atoms with Gasteiger partial charge >= 0.3 is 0 Å². The Hall–Kier alpha value is -3.87. The van der Waals surface area contributed by atoms with Gasteiger partial charge in [0.2, 0.25) is 5.82 Å². The van der Waals surface area contributed by atoms with Gasteiger partial charge in [0.1, 0.15) is 11.5 Å². The Morgan fingerprint density at radius 3 is 2.67 bits per heavy atom. The van der Waals surface area contributed by atoms with E-state index in [4.69, 9.17) is 4.52 Å². The number of carbonyl (C=O) groups is 1. The predicted molar refractivity (Wildman–Crippen MR) is 97.3 cm³/mol. The van der Waals surface area contributed by atoms with Crippen LogP contribution in [0, 0.1) is 5.82 Å². The van der Waals surface area contributed by atoms with Crippen LogP contribution < -0.4 is 5.32 Å². The highest BCUT2D eigenvalue weighted by atomic mass is 19.1. The van der Waals surface area contributed by atoms with Gasteiger partial charge in [-0.15, -0.1) is 0 Å². The van der Waals surface area contributed by atoms with Crippen LogP contribution in [-0.4, -0.2) is 21.0 Å². The third-order valence-electron chi connectivity index (χ3n) is 3.81. The number of amides is 1. The second kappa shape index (κ2) is 7.17. The first kappa shape index (κ1) is 16.6. The van der Waals surface area contributed by atoms with E-state index in [0.717, 1.165) is 0 Å². The Kier molecular flexibility index (Phi) is 4.40. The van der Waals surface area contributed by atoms with Gasteiger partial charge in [-0.05, 0) is 42.5 Å². The highest BCUT2D eigenvalue weighted by Crippen LogP contribution is 2.28. The molecule has 0 atom stereocenters. The smallest absolute Gasteiger partial charge is 0.260 e. The van der Waals surface area contributed by atoms with Crippen molar-refractivity contribution in [2.24, 2.45) is 0 Å². The van der Waals surface area contributed by atoms with Gasteiger partial charge in [-0.25, -0.2) is 4.39 Å². The minimum atomic E-state index is -0.479. The number of rotatable bonds is 4. The number of benzene rings is 2. The molecule has 132 valence electrons. The zero-order valence-electron chi connectivity index (χ0n) is 14.0. The number of hydrogen-bond acceptors (Lipinski definition) is 5. The minimum Gasteiger partial charge on any atom is -0.333 e. The van der Waals surface area contributed by atoms with Crippen molar-refractivity contribution >= 4 is 11.6 Å². The second-order valence-electron chi connectivity index (χ2n) is 5.65. The van der Waals surface area contributed by atoms with Gasteiger partial charge in [0.15, 0.2) is 0 Å². The van der Waals surface area contributed by atoms with Crippen molar-refractivity contribution in [2.75, 3.05) is 5.32 Å². The third kappa shape index (κ3) is 3.57. The molecule has 0 saturated carbocycles. The van der Waals surface area contributed by atoms with Crippen molar-refractivity contribution in [3.8, 4) is 23.0 Å². The lowest BCUT2D eigenvalue weighted by Crippen LogP contribution is -2.12. The van der Waals surface area contributed by atoms with E-state index in [1.807, 2.05) is 6.07 Å². The highest BCUT2D eigenvalue weighted by molar-refractivity contribution is 6.06. The number of halogens is 1. The van der Waals surface area contributed by atoms with Crippen LogP contribution in [0.2, 0.25) is 0 Å². The molecule has 0 unspecified atom stereocenters. The van der Waals surface area contributed by atoms with E-state index >= 15 is 0 Å². The molecular formula is C20H13FN4O2. The summed E-state index contributed by atoms with van der Waals surface area (Å²) in [7, 11) is 0. The van der Waals surface area contributed by atoms with Crippen LogP contribution in [0.3, 0.4) is 0 Å². The number of pyridine rings is 1. The molecule has 1 N–H and O–H groups in total. The van der Waals surface area contributed by atoms with Gasteiger partial charge in [-0.3, -0.25) is 9.78 Å². The Labute approximate surface area is 153 Å². The number of nitrogens with one attached hydrogen (secondary N) is 1. The Balaban J connectivity index is 1.64. The molecule has 1 amide bonds. The Morgan fingerprint density at radius 2 is 1.85 bits per heavy atom. The van der Waals surface area contributed by atoms with Crippen LogP contribution >= 0.6 is 0 Å². The standard InChI is InChI=1S/C20H13FN4O2/c21-14-7-5-6-13(12-14)19(26)23-16-9-2-1-8-15(16)20-24-18(25-27-20)17-10-3-4-11-22-17/h1-12H,(H,23,26). The molecule has 2 heterocycles. The lowest BCUT2D eigenvalue weighted by atomic mass is 10.1. The summed E-state index contributed by atoms with van der Waals surface area (Å²) in [6.45, 7) is 0. The lowest BCUT2D eigenvalue weighted by Gasteiger charge is -2.08. The molecule has 7 heteroatoms. The topological polar surface area (TPSA) is 80.9 Å². The van der Waals surface area contributed by atoms with Crippen LogP contribution in [0.5, 0.6) is 0 Å². The van der Waals surface area contributed by atoms with E-state index in [1.54, 1.807) is 42.6 Å². The third-order valence-corrected chi connectivity index (χ3v) is 3.81. The first-order valence-electron chi connectivity index (χ1n) is 8.12. The molecule has 0 aliphatic carbocycles. The Bertz CT molecular complexity index is 1100.